The number of ketones is 1. The lowest BCUT2D eigenvalue weighted by Crippen LogP contribution is -2.48. The molecule has 0 aromatic heterocycles. The van der Waals surface area contributed by atoms with Gasteiger partial charge < -0.3 is 14.9 Å². The summed E-state index contributed by atoms with van der Waals surface area (Å²) in [6.07, 6.45) is -0.504. The molecule has 0 amide bonds. The molecule has 1 aromatic carbocycles. The molecule has 0 spiro atoms. The summed E-state index contributed by atoms with van der Waals surface area (Å²) in [4.78, 5) is 24.1. The highest BCUT2D eigenvalue weighted by atomic mass is 32.2. The maximum Gasteiger partial charge on any atom is 0.338 e. The van der Waals surface area contributed by atoms with Crippen molar-refractivity contribution in [2.24, 2.45) is 5.92 Å². The quantitative estimate of drug-likeness (QED) is 0.518. The second-order valence-corrected chi connectivity index (χ2v) is 8.83. The number of hydrogen-bond acceptors (Lipinski definition) is 8. The number of rotatable bonds is 7. The van der Waals surface area contributed by atoms with Crippen molar-refractivity contribution in [3.8, 4) is 6.07 Å². The summed E-state index contributed by atoms with van der Waals surface area (Å²) in [6, 6.07) is 7.04. The third-order valence-electron chi connectivity index (χ3n) is 4.32. The Bertz CT molecular complexity index is 943. The van der Waals surface area contributed by atoms with Gasteiger partial charge in [-0.25, -0.2) is 13.2 Å². The number of carbonyl (C=O) groups is 2. The van der Waals surface area contributed by atoms with Crippen LogP contribution in [0.1, 0.15) is 31.1 Å². The Morgan fingerprint density at radius 1 is 1.34 bits per heavy atom. The summed E-state index contributed by atoms with van der Waals surface area (Å²) in [7, 11) is -3.84. The molecule has 0 radical (unpaired) electrons. The smallest absolute Gasteiger partial charge is 0.338 e. The van der Waals surface area contributed by atoms with Crippen molar-refractivity contribution in [1.82, 2.24) is 4.31 Å². The molecule has 0 saturated carbocycles. The standard InChI is InChI=1S/C19H23N3O6S/c1-12-9-22(10-13(2)28-12)29(25,26)16-6-4-5-15(7-16)19(24)27-11-18(23)17(8-20)14(3)21/h4-7,12-13,17,21H,9-11H2,1-3H3/t12-,13+,17-/m1/s1. The van der Waals surface area contributed by atoms with Gasteiger partial charge in [0.2, 0.25) is 10.0 Å². The fourth-order valence-electron chi connectivity index (χ4n) is 2.97. The Hall–Kier alpha value is -2.61. The highest BCUT2D eigenvalue weighted by molar-refractivity contribution is 7.89. The van der Waals surface area contributed by atoms with Gasteiger partial charge in [0, 0.05) is 18.8 Å². The largest absolute Gasteiger partial charge is 0.454 e. The van der Waals surface area contributed by atoms with E-state index < -0.39 is 34.3 Å². The van der Waals surface area contributed by atoms with Crippen LogP contribution < -0.4 is 0 Å². The van der Waals surface area contributed by atoms with E-state index in [4.69, 9.17) is 20.1 Å². The molecule has 9 nitrogen and oxygen atoms in total. The second-order valence-electron chi connectivity index (χ2n) is 6.89. The molecule has 1 aliphatic rings. The summed E-state index contributed by atoms with van der Waals surface area (Å²) < 4.78 is 37.6. The van der Waals surface area contributed by atoms with E-state index in [1.54, 1.807) is 19.9 Å². The number of nitrogens with zero attached hydrogens (tertiary/aromatic N) is 2. The number of morpholine rings is 1. The number of ether oxygens (including phenoxy) is 2. The van der Waals surface area contributed by atoms with Crippen molar-refractivity contribution >= 4 is 27.5 Å². The first-order chi connectivity index (χ1) is 13.6. The van der Waals surface area contributed by atoms with Crippen molar-refractivity contribution in [3.05, 3.63) is 29.8 Å². The van der Waals surface area contributed by atoms with E-state index in [-0.39, 0.29) is 41.5 Å². The molecule has 0 aliphatic carbocycles. The van der Waals surface area contributed by atoms with Crippen LogP contribution in [0.2, 0.25) is 0 Å². The van der Waals surface area contributed by atoms with Gasteiger partial charge >= 0.3 is 5.97 Å². The number of Topliss-reactive ketones (excluding diaryl/α,β-unsaturated/α-hetero) is 1. The average Bonchev–Trinajstić information content (AvgIpc) is 2.65. The summed E-state index contributed by atoms with van der Waals surface area (Å²) >= 11 is 0. The minimum absolute atomic E-state index is 0.0340. The van der Waals surface area contributed by atoms with E-state index in [1.807, 2.05) is 0 Å². The van der Waals surface area contributed by atoms with Crippen LogP contribution in [-0.2, 0) is 24.3 Å². The molecule has 1 fully saturated rings. The highest BCUT2D eigenvalue weighted by Gasteiger charge is 2.32. The number of hydrogen-bond donors (Lipinski definition) is 1. The van der Waals surface area contributed by atoms with Crippen LogP contribution in [0.5, 0.6) is 0 Å². The molecular weight excluding hydrogens is 398 g/mol. The third kappa shape index (κ3) is 5.47. The van der Waals surface area contributed by atoms with Gasteiger partial charge in [0.15, 0.2) is 12.4 Å². The van der Waals surface area contributed by atoms with Crippen LogP contribution in [-0.4, -0.2) is 62.1 Å². The molecule has 1 N–H and O–H groups in total. The molecule has 3 atom stereocenters. The number of nitriles is 1. The van der Waals surface area contributed by atoms with Crippen molar-refractivity contribution in [2.45, 2.75) is 37.9 Å². The third-order valence-corrected chi connectivity index (χ3v) is 6.15. The Labute approximate surface area is 169 Å². The predicted molar refractivity (Wildman–Crippen MR) is 103 cm³/mol. The monoisotopic (exact) mass is 421 g/mol. The van der Waals surface area contributed by atoms with Gasteiger partial charge in [0.05, 0.1) is 28.7 Å². The Morgan fingerprint density at radius 2 is 1.97 bits per heavy atom. The van der Waals surface area contributed by atoms with E-state index in [0.29, 0.717) is 0 Å². The van der Waals surface area contributed by atoms with Crippen LogP contribution in [0.25, 0.3) is 0 Å². The Kier molecular flexibility index (Phi) is 7.24. The first-order valence-electron chi connectivity index (χ1n) is 8.96. The summed E-state index contributed by atoms with van der Waals surface area (Å²) in [6.45, 7) is 4.61. The SMILES string of the molecule is CC(=N)[C@@H](C#N)C(=O)COC(=O)c1cccc(S(=O)(=O)N2C[C@@H](C)O[C@@H](C)C2)c1. The van der Waals surface area contributed by atoms with Gasteiger partial charge in [-0.1, -0.05) is 6.07 Å². The fraction of sp³-hybridized carbons (Fsp3) is 0.474. The zero-order chi connectivity index (χ0) is 21.8. The molecule has 29 heavy (non-hydrogen) atoms. The molecule has 1 aliphatic heterocycles. The number of esters is 1. The van der Waals surface area contributed by atoms with Crippen molar-refractivity contribution in [2.75, 3.05) is 19.7 Å². The summed E-state index contributed by atoms with van der Waals surface area (Å²) in [5, 5.41) is 16.3. The number of sulfonamides is 1. The minimum atomic E-state index is -3.84. The lowest BCUT2D eigenvalue weighted by Gasteiger charge is -2.34. The van der Waals surface area contributed by atoms with Crippen LogP contribution in [0.4, 0.5) is 0 Å². The Morgan fingerprint density at radius 3 is 2.52 bits per heavy atom. The molecule has 10 heteroatoms. The zero-order valence-electron chi connectivity index (χ0n) is 16.4. The Balaban J connectivity index is 2.14. The van der Waals surface area contributed by atoms with Crippen molar-refractivity contribution in [1.29, 1.82) is 10.7 Å². The van der Waals surface area contributed by atoms with Crippen molar-refractivity contribution < 1.29 is 27.5 Å². The normalized spacial score (nSPS) is 21.0. The number of carbonyl (C=O) groups excluding carboxylic acids is 2. The fourth-order valence-corrected chi connectivity index (χ4v) is 4.61. The first kappa shape index (κ1) is 22.7. The number of nitrogens with one attached hydrogen (secondary N) is 1. The summed E-state index contributed by atoms with van der Waals surface area (Å²) in [5.74, 6) is -2.88. The molecule has 0 unspecified atom stereocenters. The zero-order valence-corrected chi connectivity index (χ0v) is 17.2. The highest BCUT2D eigenvalue weighted by Crippen LogP contribution is 2.22. The molecular formula is C19H23N3O6S. The van der Waals surface area contributed by atoms with Crippen molar-refractivity contribution in [3.63, 3.8) is 0 Å². The lowest BCUT2D eigenvalue weighted by atomic mass is 10.0. The van der Waals surface area contributed by atoms with Gasteiger partial charge in [-0.3, -0.25) is 4.79 Å². The number of benzene rings is 1. The van der Waals surface area contributed by atoms with E-state index in [1.165, 1.54) is 35.5 Å². The molecule has 2 rings (SSSR count). The molecule has 0 bridgehead atoms. The lowest BCUT2D eigenvalue weighted by molar-refractivity contribution is -0.122. The van der Waals surface area contributed by atoms with Gasteiger partial charge in [0.1, 0.15) is 5.92 Å². The predicted octanol–water partition coefficient (Wildman–Crippen LogP) is 1.39. The maximum atomic E-state index is 12.9. The average molecular weight is 421 g/mol. The van der Waals surface area contributed by atoms with Crippen LogP contribution >= 0.6 is 0 Å². The minimum Gasteiger partial charge on any atom is -0.454 e. The van der Waals surface area contributed by atoms with Crippen LogP contribution in [0, 0.1) is 22.7 Å². The van der Waals surface area contributed by atoms with Gasteiger partial charge in [0.25, 0.3) is 0 Å². The van der Waals surface area contributed by atoms with E-state index in [2.05, 4.69) is 0 Å². The van der Waals surface area contributed by atoms with E-state index in [0.717, 1.165) is 0 Å². The van der Waals surface area contributed by atoms with E-state index in [9.17, 15) is 18.0 Å². The topological polar surface area (TPSA) is 138 Å². The van der Waals surface area contributed by atoms with Gasteiger partial charge in [-0.2, -0.15) is 9.57 Å². The van der Waals surface area contributed by atoms with Crippen LogP contribution in [0.15, 0.2) is 29.2 Å². The van der Waals surface area contributed by atoms with E-state index >= 15 is 0 Å². The summed E-state index contributed by atoms with van der Waals surface area (Å²) in [5.41, 5.74) is -0.177. The molecule has 156 valence electrons. The first-order valence-corrected chi connectivity index (χ1v) is 10.4. The van der Waals surface area contributed by atoms with Gasteiger partial charge in [-0.05, 0) is 39.0 Å². The molecule has 1 aromatic rings. The second kappa shape index (κ2) is 9.26. The maximum absolute atomic E-state index is 12.9. The van der Waals surface area contributed by atoms with Crippen LogP contribution in [0.3, 0.4) is 0 Å². The molecule has 1 heterocycles. The van der Waals surface area contributed by atoms with Gasteiger partial charge in [-0.15, -0.1) is 0 Å². The molecule has 1 saturated heterocycles.